The van der Waals surface area contributed by atoms with Gasteiger partial charge in [0, 0.05) is 0 Å². The fourth-order valence-corrected chi connectivity index (χ4v) is 2.15. The number of allylic oxidation sites excluding steroid dienone is 2. The van der Waals surface area contributed by atoms with Crippen molar-refractivity contribution in [2.75, 3.05) is 13.2 Å². The van der Waals surface area contributed by atoms with Gasteiger partial charge in [-0.2, -0.15) is 0 Å². The van der Waals surface area contributed by atoms with Crippen LogP contribution in [-0.4, -0.2) is 25.4 Å². The minimum Gasteiger partial charge on any atom is -0.376 e. The predicted octanol–water partition coefficient (Wildman–Crippen LogP) is 2.93. The van der Waals surface area contributed by atoms with Gasteiger partial charge in [-0.15, -0.1) is 0 Å². The van der Waals surface area contributed by atoms with Crippen LogP contribution in [0.3, 0.4) is 0 Å². The second kappa shape index (κ2) is 5.13. The molecule has 0 spiro atoms. The molecular formula is C13H22O2. The highest BCUT2D eigenvalue weighted by Crippen LogP contribution is 2.38. The topological polar surface area (TPSA) is 21.8 Å². The average molecular weight is 210 g/mol. The Morgan fingerprint density at radius 3 is 2.60 bits per heavy atom. The van der Waals surface area contributed by atoms with Crippen LogP contribution in [0, 0.1) is 5.92 Å². The van der Waals surface area contributed by atoms with Gasteiger partial charge < -0.3 is 9.47 Å². The third-order valence-corrected chi connectivity index (χ3v) is 3.18. The molecule has 0 radical (unpaired) electrons. The number of hydrogen-bond acceptors (Lipinski definition) is 2. The Bertz CT molecular complexity index is 227. The molecule has 0 N–H and O–H groups in total. The van der Waals surface area contributed by atoms with Gasteiger partial charge in [-0.1, -0.05) is 11.6 Å². The van der Waals surface area contributed by atoms with E-state index in [9.17, 15) is 0 Å². The lowest BCUT2D eigenvalue weighted by molar-refractivity contribution is 0.0662. The summed E-state index contributed by atoms with van der Waals surface area (Å²) in [6.45, 7) is 5.73. The number of epoxide rings is 1. The van der Waals surface area contributed by atoms with Gasteiger partial charge in [0.15, 0.2) is 0 Å². The molecule has 0 aromatic rings. The summed E-state index contributed by atoms with van der Waals surface area (Å²) in [5.74, 6) is 1.08. The average Bonchev–Trinajstić information content (AvgIpc) is 2.79. The predicted molar refractivity (Wildman–Crippen MR) is 60.9 cm³/mol. The molecule has 2 fully saturated rings. The highest BCUT2D eigenvalue weighted by Gasteiger charge is 2.23. The SMILES string of the molecule is C1=C2CCC(C1)C2.CC(C)OCC1CO1. The quantitative estimate of drug-likeness (QED) is 0.527. The Hall–Kier alpha value is -0.340. The van der Waals surface area contributed by atoms with Crippen molar-refractivity contribution in [3.8, 4) is 0 Å². The van der Waals surface area contributed by atoms with Gasteiger partial charge in [-0.05, 0) is 45.4 Å². The highest BCUT2D eigenvalue weighted by atomic mass is 16.6. The largest absolute Gasteiger partial charge is 0.376 e. The van der Waals surface area contributed by atoms with Crippen LogP contribution in [-0.2, 0) is 9.47 Å². The van der Waals surface area contributed by atoms with Gasteiger partial charge >= 0.3 is 0 Å². The van der Waals surface area contributed by atoms with Crippen LogP contribution in [0.15, 0.2) is 11.6 Å². The lowest BCUT2D eigenvalue weighted by Crippen LogP contribution is -2.07. The lowest BCUT2D eigenvalue weighted by atomic mass is 10.1. The van der Waals surface area contributed by atoms with E-state index in [1.165, 1.54) is 25.7 Å². The Morgan fingerprint density at radius 2 is 2.33 bits per heavy atom. The van der Waals surface area contributed by atoms with E-state index in [1.807, 2.05) is 13.8 Å². The molecular weight excluding hydrogens is 188 g/mol. The lowest BCUT2D eigenvalue weighted by Gasteiger charge is -2.02. The Kier molecular flexibility index (Phi) is 3.81. The van der Waals surface area contributed by atoms with Gasteiger partial charge in [-0.25, -0.2) is 0 Å². The normalized spacial score (nSPS) is 31.3. The molecule has 1 saturated carbocycles. The molecule has 2 nitrogen and oxygen atoms in total. The van der Waals surface area contributed by atoms with E-state index < -0.39 is 0 Å². The zero-order valence-electron chi connectivity index (χ0n) is 9.87. The molecule has 1 aliphatic heterocycles. The molecule has 2 atom stereocenters. The molecule has 2 aliphatic carbocycles. The molecule has 86 valence electrons. The van der Waals surface area contributed by atoms with Crippen molar-refractivity contribution in [2.45, 2.75) is 51.7 Å². The van der Waals surface area contributed by atoms with Crippen LogP contribution in [0.2, 0.25) is 0 Å². The first-order valence-electron chi connectivity index (χ1n) is 6.15. The van der Waals surface area contributed by atoms with Gasteiger partial charge in [0.2, 0.25) is 0 Å². The maximum absolute atomic E-state index is 5.24. The van der Waals surface area contributed by atoms with Crippen LogP contribution in [0.4, 0.5) is 0 Å². The van der Waals surface area contributed by atoms with Crippen LogP contribution >= 0.6 is 0 Å². The molecule has 2 heteroatoms. The zero-order valence-corrected chi connectivity index (χ0v) is 9.87. The fraction of sp³-hybridized carbons (Fsp3) is 0.846. The molecule has 2 unspecified atom stereocenters. The third-order valence-electron chi connectivity index (χ3n) is 3.18. The summed E-state index contributed by atoms with van der Waals surface area (Å²) in [5, 5.41) is 0. The van der Waals surface area contributed by atoms with Crippen molar-refractivity contribution >= 4 is 0 Å². The summed E-state index contributed by atoms with van der Waals surface area (Å²) in [4.78, 5) is 0. The molecule has 0 aromatic carbocycles. The minimum atomic E-state index is 0.346. The van der Waals surface area contributed by atoms with E-state index in [-0.39, 0.29) is 0 Å². The molecule has 2 bridgehead atoms. The molecule has 1 heterocycles. The van der Waals surface area contributed by atoms with E-state index in [2.05, 4.69) is 6.08 Å². The summed E-state index contributed by atoms with van der Waals surface area (Å²) in [7, 11) is 0. The van der Waals surface area contributed by atoms with Gasteiger partial charge in [-0.3, -0.25) is 0 Å². The van der Waals surface area contributed by atoms with Gasteiger partial charge in [0.1, 0.15) is 6.10 Å². The second-order valence-corrected chi connectivity index (χ2v) is 5.04. The maximum atomic E-state index is 5.24. The van der Waals surface area contributed by atoms with E-state index in [0.29, 0.717) is 12.2 Å². The summed E-state index contributed by atoms with van der Waals surface area (Å²) < 4.78 is 10.2. The van der Waals surface area contributed by atoms with E-state index >= 15 is 0 Å². The first-order valence-corrected chi connectivity index (χ1v) is 6.15. The molecule has 3 aliphatic rings. The molecule has 0 aromatic heterocycles. The number of rotatable bonds is 3. The number of hydrogen-bond donors (Lipinski definition) is 0. The van der Waals surface area contributed by atoms with E-state index in [0.717, 1.165) is 19.1 Å². The highest BCUT2D eigenvalue weighted by molar-refractivity contribution is 5.15. The standard InChI is InChI=1S/C7H10.C6H12O2/c1-2-7-4-3-6(1)5-7;1-5(2)7-3-6-4-8-6/h1,7H,2-5H2;5-6H,3-4H2,1-2H3. The van der Waals surface area contributed by atoms with Crippen molar-refractivity contribution < 1.29 is 9.47 Å². The first kappa shape index (κ1) is 11.2. The second-order valence-electron chi connectivity index (χ2n) is 5.04. The Labute approximate surface area is 92.6 Å². The van der Waals surface area contributed by atoms with E-state index in [1.54, 1.807) is 5.57 Å². The van der Waals surface area contributed by atoms with Gasteiger partial charge in [0.25, 0.3) is 0 Å². The van der Waals surface area contributed by atoms with Crippen LogP contribution in [0.25, 0.3) is 0 Å². The van der Waals surface area contributed by atoms with Crippen molar-refractivity contribution in [1.82, 2.24) is 0 Å². The Balaban J connectivity index is 0.000000114. The summed E-state index contributed by atoms with van der Waals surface area (Å²) in [6.07, 6.45) is 8.94. The van der Waals surface area contributed by atoms with Crippen molar-refractivity contribution in [3.63, 3.8) is 0 Å². The minimum absolute atomic E-state index is 0.346. The van der Waals surface area contributed by atoms with Crippen molar-refractivity contribution in [3.05, 3.63) is 11.6 Å². The van der Waals surface area contributed by atoms with Crippen LogP contribution in [0.1, 0.15) is 39.5 Å². The summed E-state index contributed by atoms with van der Waals surface area (Å²) in [6, 6.07) is 0. The van der Waals surface area contributed by atoms with Crippen LogP contribution < -0.4 is 0 Å². The van der Waals surface area contributed by atoms with E-state index in [4.69, 9.17) is 9.47 Å². The maximum Gasteiger partial charge on any atom is 0.104 e. The molecule has 0 amide bonds. The molecule has 15 heavy (non-hydrogen) atoms. The monoisotopic (exact) mass is 210 g/mol. The van der Waals surface area contributed by atoms with Crippen LogP contribution in [0.5, 0.6) is 0 Å². The fourth-order valence-electron chi connectivity index (χ4n) is 2.15. The van der Waals surface area contributed by atoms with Gasteiger partial charge in [0.05, 0.1) is 19.3 Å². The molecule has 1 saturated heterocycles. The smallest absolute Gasteiger partial charge is 0.104 e. The zero-order chi connectivity index (χ0) is 10.7. The number of ether oxygens (including phenoxy) is 2. The Morgan fingerprint density at radius 1 is 1.53 bits per heavy atom. The summed E-state index contributed by atoms with van der Waals surface area (Å²) in [5.41, 5.74) is 1.74. The van der Waals surface area contributed by atoms with Crippen molar-refractivity contribution in [1.29, 1.82) is 0 Å². The first-order chi connectivity index (χ1) is 7.24. The number of fused-ring (bicyclic) bond motifs is 2. The molecule has 3 rings (SSSR count). The summed E-state index contributed by atoms with van der Waals surface area (Å²) >= 11 is 0. The van der Waals surface area contributed by atoms with Crippen molar-refractivity contribution in [2.24, 2.45) is 5.92 Å². The third kappa shape index (κ3) is 3.96.